The minimum absolute atomic E-state index is 0.121. The Bertz CT molecular complexity index is 729. The average molecular weight is 344 g/mol. The molecule has 4 rings (SSSR count). The Labute approximate surface area is 146 Å². The van der Waals surface area contributed by atoms with Gasteiger partial charge in [0.15, 0.2) is 0 Å². The number of aryl methyl sites for hydroxylation is 2. The molecule has 1 aliphatic heterocycles. The summed E-state index contributed by atoms with van der Waals surface area (Å²) >= 11 is 1.69. The first kappa shape index (κ1) is 15.9. The summed E-state index contributed by atoms with van der Waals surface area (Å²) in [5, 5.41) is 7.67. The molecule has 2 aromatic rings. The van der Waals surface area contributed by atoms with E-state index in [-0.39, 0.29) is 5.91 Å². The van der Waals surface area contributed by atoms with Crippen molar-refractivity contribution in [2.45, 2.75) is 45.7 Å². The fraction of sp³-hybridized carbons (Fsp3) is 0.526. The number of piperidine rings is 1. The van der Waals surface area contributed by atoms with Gasteiger partial charge in [-0.05, 0) is 80.1 Å². The van der Waals surface area contributed by atoms with Gasteiger partial charge < -0.3 is 14.6 Å². The van der Waals surface area contributed by atoms with Crippen molar-refractivity contribution in [1.82, 2.24) is 10.2 Å². The van der Waals surface area contributed by atoms with Crippen LogP contribution in [-0.2, 0) is 6.54 Å². The zero-order chi connectivity index (χ0) is 16.7. The lowest BCUT2D eigenvalue weighted by molar-refractivity contribution is 0.0690. The highest BCUT2D eigenvalue weighted by Crippen LogP contribution is 2.56. The quantitative estimate of drug-likeness (QED) is 0.919. The molecule has 2 aromatic heterocycles. The fourth-order valence-electron chi connectivity index (χ4n) is 4.13. The maximum Gasteiger partial charge on any atom is 0.257 e. The number of thiophene rings is 1. The van der Waals surface area contributed by atoms with E-state index in [2.05, 4.69) is 27.0 Å². The van der Waals surface area contributed by atoms with Gasteiger partial charge in [0.2, 0.25) is 0 Å². The summed E-state index contributed by atoms with van der Waals surface area (Å²) in [6.07, 6.45) is 3.49. The van der Waals surface area contributed by atoms with Crippen LogP contribution in [0.25, 0.3) is 0 Å². The van der Waals surface area contributed by atoms with E-state index in [0.717, 1.165) is 36.6 Å². The molecule has 2 aliphatic rings. The van der Waals surface area contributed by atoms with E-state index in [1.807, 2.05) is 19.9 Å². The predicted molar refractivity (Wildman–Crippen MR) is 95.3 cm³/mol. The number of hydrogen-bond acceptors (Lipinski definition) is 4. The first-order valence-corrected chi connectivity index (χ1v) is 9.63. The first-order chi connectivity index (χ1) is 11.6. The van der Waals surface area contributed by atoms with Crippen LogP contribution in [0.15, 0.2) is 27.3 Å². The lowest BCUT2D eigenvalue weighted by Gasteiger charge is -2.29. The molecule has 24 heavy (non-hydrogen) atoms. The molecule has 4 nitrogen and oxygen atoms in total. The fourth-order valence-corrected chi connectivity index (χ4v) is 4.79. The van der Waals surface area contributed by atoms with Crippen LogP contribution < -0.4 is 5.32 Å². The van der Waals surface area contributed by atoms with Crippen molar-refractivity contribution in [2.75, 3.05) is 13.1 Å². The van der Waals surface area contributed by atoms with Crippen LogP contribution in [0.1, 0.15) is 46.7 Å². The van der Waals surface area contributed by atoms with Gasteiger partial charge in [-0.2, -0.15) is 11.3 Å². The Balaban J connectivity index is 1.61. The van der Waals surface area contributed by atoms with E-state index in [1.54, 1.807) is 11.3 Å². The summed E-state index contributed by atoms with van der Waals surface area (Å²) in [6.45, 7) is 6.63. The van der Waals surface area contributed by atoms with E-state index >= 15 is 0 Å². The van der Waals surface area contributed by atoms with Gasteiger partial charge in [-0.15, -0.1) is 0 Å². The molecule has 128 valence electrons. The van der Waals surface area contributed by atoms with Crippen molar-refractivity contribution in [1.29, 1.82) is 0 Å². The van der Waals surface area contributed by atoms with Crippen LogP contribution >= 0.6 is 11.3 Å². The van der Waals surface area contributed by atoms with Gasteiger partial charge in [-0.1, -0.05) is 0 Å². The third-order valence-electron chi connectivity index (χ3n) is 5.59. The molecule has 2 fully saturated rings. The second-order valence-corrected chi connectivity index (χ2v) is 8.00. The molecule has 1 aliphatic carbocycles. The standard InChI is InChI=1S/C19H24N2O2S/c1-13-9-16(14(2)23-13)18(22)21(11-15-3-8-24-12-15)17-10-19(17)4-6-20-7-5-19/h3,8-9,12,17,20H,4-7,10-11H2,1-2H3/t17-/m1/s1. The molecule has 1 atom stereocenters. The maximum absolute atomic E-state index is 13.3. The second-order valence-electron chi connectivity index (χ2n) is 7.22. The van der Waals surface area contributed by atoms with E-state index in [4.69, 9.17) is 4.42 Å². The van der Waals surface area contributed by atoms with Crippen LogP contribution in [-0.4, -0.2) is 29.9 Å². The lowest BCUT2D eigenvalue weighted by atomic mass is 9.93. The predicted octanol–water partition coefficient (Wildman–Crippen LogP) is 3.74. The molecule has 1 saturated carbocycles. The van der Waals surface area contributed by atoms with Gasteiger partial charge in [0, 0.05) is 12.6 Å². The van der Waals surface area contributed by atoms with E-state index in [0.29, 0.717) is 18.0 Å². The first-order valence-electron chi connectivity index (χ1n) is 8.69. The van der Waals surface area contributed by atoms with E-state index in [9.17, 15) is 4.79 Å². The van der Waals surface area contributed by atoms with Gasteiger partial charge >= 0.3 is 0 Å². The zero-order valence-electron chi connectivity index (χ0n) is 14.3. The molecule has 1 spiro atoms. The average Bonchev–Trinajstić information content (AvgIpc) is 2.92. The van der Waals surface area contributed by atoms with Crippen LogP contribution in [0, 0.1) is 19.3 Å². The second kappa shape index (κ2) is 6.05. The van der Waals surface area contributed by atoms with Crippen molar-refractivity contribution in [3.63, 3.8) is 0 Å². The smallest absolute Gasteiger partial charge is 0.257 e. The molecule has 1 amide bonds. The highest BCUT2D eigenvalue weighted by Gasteiger charge is 2.57. The van der Waals surface area contributed by atoms with Crippen LogP contribution in [0.2, 0.25) is 0 Å². The summed E-state index contributed by atoms with van der Waals surface area (Å²) in [4.78, 5) is 15.4. The van der Waals surface area contributed by atoms with Crippen LogP contribution in [0.5, 0.6) is 0 Å². The van der Waals surface area contributed by atoms with Crippen molar-refractivity contribution in [2.24, 2.45) is 5.41 Å². The van der Waals surface area contributed by atoms with E-state index < -0.39 is 0 Å². The molecule has 1 saturated heterocycles. The highest BCUT2D eigenvalue weighted by atomic mass is 32.1. The Kier molecular flexibility index (Phi) is 4.01. The number of rotatable bonds is 4. The normalized spacial score (nSPS) is 21.8. The van der Waals surface area contributed by atoms with Gasteiger partial charge in [0.25, 0.3) is 5.91 Å². The number of carbonyl (C=O) groups excluding carboxylic acids is 1. The summed E-state index contributed by atoms with van der Waals surface area (Å²) in [5.41, 5.74) is 2.28. The monoisotopic (exact) mass is 344 g/mol. The minimum atomic E-state index is 0.121. The van der Waals surface area contributed by atoms with Gasteiger partial charge in [0.1, 0.15) is 11.5 Å². The van der Waals surface area contributed by atoms with Gasteiger partial charge in [0.05, 0.1) is 5.56 Å². The van der Waals surface area contributed by atoms with Crippen molar-refractivity contribution in [3.05, 3.63) is 45.5 Å². The number of furan rings is 1. The minimum Gasteiger partial charge on any atom is -0.466 e. The number of nitrogens with one attached hydrogen (secondary N) is 1. The molecular weight excluding hydrogens is 320 g/mol. The van der Waals surface area contributed by atoms with E-state index in [1.165, 1.54) is 18.4 Å². The third kappa shape index (κ3) is 2.80. The Morgan fingerprint density at radius 2 is 2.21 bits per heavy atom. The molecule has 3 heterocycles. The molecule has 0 radical (unpaired) electrons. The summed E-state index contributed by atoms with van der Waals surface area (Å²) in [7, 11) is 0. The summed E-state index contributed by atoms with van der Waals surface area (Å²) in [6, 6.07) is 4.37. The third-order valence-corrected chi connectivity index (χ3v) is 6.32. The lowest BCUT2D eigenvalue weighted by Crippen LogP contribution is -2.39. The summed E-state index contributed by atoms with van der Waals surface area (Å²) < 4.78 is 5.60. The summed E-state index contributed by atoms with van der Waals surface area (Å²) in [5.74, 6) is 1.66. The van der Waals surface area contributed by atoms with Gasteiger partial charge in [-0.3, -0.25) is 4.79 Å². The van der Waals surface area contributed by atoms with Crippen LogP contribution in [0.4, 0.5) is 0 Å². The molecule has 0 bridgehead atoms. The zero-order valence-corrected chi connectivity index (χ0v) is 15.1. The van der Waals surface area contributed by atoms with Crippen molar-refractivity contribution < 1.29 is 9.21 Å². The number of nitrogens with zero attached hydrogens (tertiary/aromatic N) is 1. The molecule has 1 N–H and O–H groups in total. The Morgan fingerprint density at radius 3 is 2.83 bits per heavy atom. The highest BCUT2D eigenvalue weighted by molar-refractivity contribution is 7.07. The Hall–Kier alpha value is -1.59. The van der Waals surface area contributed by atoms with Crippen molar-refractivity contribution in [3.8, 4) is 0 Å². The van der Waals surface area contributed by atoms with Crippen LogP contribution in [0.3, 0.4) is 0 Å². The maximum atomic E-state index is 13.3. The SMILES string of the molecule is Cc1cc(C(=O)N(Cc2ccsc2)[C@@H]2CC23CCNCC3)c(C)o1. The topological polar surface area (TPSA) is 45.5 Å². The Morgan fingerprint density at radius 1 is 1.42 bits per heavy atom. The molecule has 5 heteroatoms. The number of amides is 1. The number of carbonyl (C=O) groups is 1. The molecule has 0 unspecified atom stereocenters. The molecular formula is C19H24N2O2S. The largest absolute Gasteiger partial charge is 0.466 e. The van der Waals surface area contributed by atoms with Gasteiger partial charge in [-0.25, -0.2) is 0 Å². The molecule has 0 aromatic carbocycles. The van der Waals surface area contributed by atoms with Crippen molar-refractivity contribution >= 4 is 17.2 Å². The number of hydrogen-bond donors (Lipinski definition) is 1.